The van der Waals surface area contributed by atoms with Gasteiger partial charge in [-0.1, -0.05) is 12.1 Å². The van der Waals surface area contributed by atoms with Gasteiger partial charge in [0.1, 0.15) is 11.8 Å². The number of ether oxygens (including phenoxy) is 1. The molecule has 0 aliphatic heterocycles. The number of amides is 1. The summed E-state index contributed by atoms with van der Waals surface area (Å²) in [6.45, 7) is 1.87. The van der Waals surface area contributed by atoms with Gasteiger partial charge in [-0.25, -0.2) is 0 Å². The van der Waals surface area contributed by atoms with Crippen LogP contribution in [0.15, 0.2) is 24.3 Å². The van der Waals surface area contributed by atoms with E-state index >= 15 is 0 Å². The average molecular weight is 248 g/mol. The number of benzene rings is 1. The molecule has 1 unspecified atom stereocenters. The van der Waals surface area contributed by atoms with Gasteiger partial charge >= 0.3 is 0 Å². The van der Waals surface area contributed by atoms with Gasteiger partial charge in [0.15, 0.2) is 6.61 Å². The third kappa shape index (κ3) is 5.32. The molecular formula is C13H16N2O3. The molecule has 0 saturated carbocycles. The van der Waals surface area contributed by atoms with Crippen molar-refractivity contribution in [1.29, 1.82) is 5.26 Å². The maximum absolute atomic E-state index is 11.5. The van der Waals surface area contributed by atoms with Crippen LogP contribution >= 0.6 is 0 Å². The molecule has 5 heteroatoms. The molecule has 18 heavy (non-hydrogen) atoms. The highest BCUT2D eigenvalue weighted by Gasteiger charge is 2.04. The predicted octanol–water partition coefficient (Wildman–Crippen LogP) is 0.628. The van der Waals surface area contributed by atoms with Gasteiger partial charge in [-0.2, -0.15) is 5.26 Å². The standard InChI is InChI=1S/C13H16N2O3/c1-10(16)9-15-13(17)8-11-2-4-12(5-3-11)18-7-6-14/h2-5,10,16H,7-9H2,1H3,(H,15,17). The second-order valence-electron chi connectivity index (χ2n) is 3.92. The Bertz CT molecular complexity index is 421. The molecular weight excluding hydrogens is 232 g/mol. The molecule has 1 aromatic rings. The minimum absolute atomic E-state index is 0.00816. The van der Waals surface area contributed by atoms with Gasteiger partial charge in [0.25, 0.3) is 0 Å². The SMILES string of the molecule is CC(O)CNC(=O)Cc1ccc(OCC#N)cc1. The molecule has 0 heterocycles. The lowest BCUT2D eigenvalue weighted by molar-refractivity contribution is -0.120. The fraction of sp³-hybridized carbons (Fsp3) is 0.385. The minimum Gasteiger partial charge on any atom is -0.479 e. The van der Waals surface area contributed by atoms with Crippen molar-refractivity contribution in [2.75, 3.05) is 13.2 Å². The van der Waals surface area contributed by atoms with Crippen molar-refractivity contribution in [3.05, 3.63) is 29.8 Å². The van der Waals surface area contributed by atoms with Crippen LogP contribution in [0.3, 0.4) is 0 Å². The molecule has 0 bridgehead atoms. The first-order valence-corrected chi connectivity index (χ1v) is 5.65. The maximum atomic E-state index is 11.5. The number of nitriles is 1. The zero-order chi connectivity index (χ0) is 13.4. The van der Waals surface area contributed by atoms with E-state index in [2.05, 4.69) is 5.32 Å². The van der Waals surface area contributed by atoms with Gasteiger partial charge < -0.3 is 15.2 Å². The predicted molar refractivity (Wildman–Crippen MR) is 65.9 cm³/mol. The van der Waals surface area contributed by atoms with Crippen LogP contribution in [0.4, 0.5) is 0 Å². The van der Waals surface area contributed by atoms with E-state index in [4.69, 9.17) is 15.1 Å². The van der Waals surface area contributed by atoms with E-state index in [1.54, 1.807) is 31.2 Å². The number of nitrogens with zero attached hydrogens (tertiary/aromatic N) is 1. The zero-order valence-electron chi connectivity index (χ0n) is 10.2. The zero-order valence-corrected chi connectivity index (χ0v) is 10.2. The number of hydrogen-bond donors (Lipinski definition) is 2. The Kier molecular flexibility index (Phi) is 5.68. The Labute approximate surface area is 106 Å². The highest BCUT2D eigenvalue weighted by atomic mass is 16.5. The largest absolute Gasteiger partial charge is 0.479 e. The average Bonchev–Trinajstić information content (AvgIpc) is 2.35. The van der Waals surface area contributed by atoms with Crippen molar-refractivity contribution in [1.82, 2.24) is 5.32 Å². The minimum atomic E-state index is -0.546. The summed E-state index contributed by atoms with van der Waals surface area (Å²) in [7, 11) is 0. The molecule has 0 saturated heterocycles. The highest BCUT2D eigenvalue weighted by molar-refractivity contribution is 5.78. The van der Waals surface area contributed by atoms with E-state index in [0.29, 0.717) is 5.75 Å². The van der Waals surface area contributed by atoms with Crippen molar-refractivity contribution < 1.29 is 14.6 Å². The third-order valence-corrected chi connectivity index (χ3v) is 2.19. The number of nitrogens with one attached hydrogen (secondary N) is 1. The number of aliphatic hydroxyl groups excluding tert-OH is 1. The molecule has 0 fully saturated rings. The van der Waals surface area contributed by atoms with E-state index in [-0.39, 0.29) is 25.5 Å². The smallest absolute Gasteiger partial charge is 0.224 e. The summed E-state index contributed by atoms with van der Waals surface area (Å²) in [5.41, 5.74) is 0.849. The summed E-state index contributed by atoms with van der Waals surface area (Å²) in [4.78, 5) is 11.5. The molecule has 1 aromatic carbocycles. The first kappa shape index (κ1) is 14.0. The van der Waals surface area contributed by atoms with Gasteiger partial charge in [-0.15, -0.1) is 0 Å². The lowest BCUT2D eigenvalue weighted by Gasteiger charge is -2.07. The van der Waals surface area contributed by atoms with Crippen LogP contribution in [0.25, 0.3) is 0 Å². The number of rotatable bonds is 6. The second kappa shape index (κ2) is 7.30. The number of aliphatic hydroxyl groups is 1. The topological polar surface area (TPSA) is 82.3 Å². The fourth-order valence-electron chi connectivity index (χ4n) is 1.33. The number of carbonyl (C=O) groups is 1. The first-order chi connectivity index (χ1) is 8.61. The first-order valence-electron chi connectivity index (χ1n) is 5.65. The van der Waals surface area contributed by atoms with Crippen LogP contribution in [-0.4, -0.2) is 30.3 Å². The van der Waals surface area contributed by atoms with E-state index in [9.17, 15) is 4.79 Å². The van der Waals surface area contributed by atoms with Crippen molar-refractivity contribution in [2.45, 2.75) is 19.4 Å². The van der Waals surface area contributed by atoms with Gasteiger partial charge in [-0.05, 0) is 24.6 Å². The molecule has 1 rings (SSSR count). The van der Waals surface area contributed by atoms with E-state index in [0.717, 1.165) is 5.56 Å². The Morgan fingerprint density at radius 1 is 1.50 bits per heavy atom. The lowest BCUT2D eigenvalue weighted by atomic mass is 10.1. The van der Waals surface area contributed by atoms with E-state index in [1.807, 2.05) is 6.07 Å². The quantitative estimate of drug-likeness (QED) is 0.773. The Morgan fingerprint density at radius 2 is 2.17 bits per heavy atom. The van der Waals surface area contributed by atoms with Crippen molar-refractivity contribution in [2.24, 2.45) is 0 Å². The van der Waals surface area contributed by atoms with Crippen LogP contribution in [0, 0.1) is 11.3 Å². The Balaban J connectivity index is 2.43. The molecule has 2 N–H and O–H groups in total. The summed E-state index contributed by atoms with van der Waals surface area (Å²) in [6.07, 6.45) is -0.290. The molecule has 0 aromatic heterocycles. The molecule has 0 aliphatic rings. The molecule has 0 radical (unpaired) electrons. The molecule has 96 valence electrons. The lowest BCUT2D eigenvalue weighted by Crippen LogP contribution is -2.31. The molecule has 5 nitrogen and oxygen atoms in total. The number of hydrogen-bond acceptors (Lipinski definition) is 4. The monoisotopic (exact) mass is 248 g/mol. The Morgan fingerprint density at radius 3 is 2.72 bits per heavy atom. The van der Waals surface area contributed by atoms with Crippen LogP contribution < -0.4 is 10.1 Å². The van der Waals surface area contributed by atoms with Gasteiger partial charge in [0.05, 0.1) is 12.5 Å². The molecule has 1 atom stereocenters. The summed E-state index contributed by atoms with van der Waals surface area (Å²) in [5, 5.41) is 20.0. The summed E-state index contributed by atoms with van der Waals surface area (Å²) >= 11 is 0. The van der Waals surface area contributed by atoms with Crippen LogP contribution in [0.5, 0.6) is 5.75 Å². The van der Waals surface area contributed by atoms with Crippen LogP contribution in [0.1, 0.15) is 12.5 Å². The summed E-state index contributed by atoms with van der Waals surface area (Å²) in [5.74, 6) is 0.464. The van der Waals surface area contributed by atoms with E-state index in [1.165, 1.54) is 0 Å². The van der Waals surface area contributed by atoms with Crippen molar-refractivity contribution in [3.8, 4) is 11.8 Å². The van der Waals surface area contributed by atoms with Crippen molar-refractivity contribution in [3.63, 3.8) is 0 Å². The molecule has 0 spiro atoms. The van der Waals surface area contributed by atoms with Gasteiger partial charge in [0.2, 0.25) is 5.91 Å². The van der Waals surface area contributed by atoms with Gasteiger partial charge in [0, 0.05) is 6.54 Å². The molecule has 0 aliphatic carbocycles. The summed E-state index contributed by atoms with van der Waals surface area (Å²) < 4.78 is 5.10. The van der Waals surface area contributed by atoms with E-state index < -0.39 is 6.10 Å². The molecule has 1 amide bonds. The summed E-state index contributed by atoms with van der Waals surface area (Å²) in [6, 6.07) is 8.86. The van der Waals surface area contributed by atoms with Crippen LogP contribution in [0.2, 0.25) is 0 Å². The fourth-order valence-corrected chi connectivity index (χ4v) is 1.33. The van der Waals surface area contributed by atoms with Gasteiger partial charge in [-0.3, -0.25) is 4.79 Å². The van der Waals surface area contributed by atoms with Crippen molar-refractivity contribution >= 4 is 5.91 Å². The van der Waals surface area contributed by atoms with Crippen LogP contribution in [-0.2, 0) is 11.2 Å². The Hall–Kier alpha value is -2.06. The number of carbonyl (C=O) groups excluding carboxylic acids is 1. The maximum Gasteiger partial charge on any atom is 0.224 e. The highest BCUT2D eigenvalue weighted by Crippen LogP contribution is 2.12. The third-order valence-electron chi connectivity index (χ3n) is 2.19. The normalized spacial score (nSPS) is 11.4. The second-order valence-corrected chi connectivity index (χ2v) is 3.92.